The average molecular weight is 349 g/mol. The van der Waals surface area contributed by atoms with Crippen molar-refractivity contribution >= 4 is 11.8 Å². The molecule has 3 aliphatic carbocycles. The zero-order valence-corrected chi connectivity index (χ0v) is 14.2. The summed E-state index contributed by atoms with van der Waals surface area (Å²) in [5.74, 6) is 0.0406. The molecule has 4 fully saturated rings. The Balaban J connectivity index is 1.20. The third-order valence-electron chi connectivity index (χ3n) is 5.66. The summed E-state index contributed by atoms with van der Waals surface area (Å²) >= 11 is 0. The molecule has 25 heavy (non-hydrogen) atoms. The fourth-order valence-electron chi connectivity index (χ4n) is 4.34. The fraction of sp³-hybridized carbons (Fsp3) is 0.667. The summed E-state index contributed by atoms with van der Waals surface area (Å²) in [5.41, 5.74) is -0.463. The smallest absolute Gasteiger partial charge is 0.229 e. The van der Waals surface area contributed by atoms with Gasteiger partial charge in [0.05, 0.1) is 18.1 Å². The first-order chi connectivity index (χ1) is 12.0. The normalized spacial score (nSPS) is 33.3. The second-order valence-corrected chi connectivity index (χ2v) is 7.70. The van der Waals surface area contributed by atoms with E-state index in [1.54, 1.807) is 4.90 Å². The summed E-state index contributed by atoms with van der Waals surface area (Å²) in [7, 11) is 0. The molecule has 2 amide bonds. The van der Waals surface area contributed by atoms with E-state index in [2.05, 4.69) is 10.3 Å². The molecule has 1 atom stereocenters. The SMILES string of the molecule is O=C(CCc1ccc[nH]1)NCC1CN(C(=O)C23CC(F)(C2)C3)CCO1. The molecule has 1 aromatic rings. The van der Waals surface area contributed by atoms with Gasteiger partial charge in [-0.3, -0.25) is 9.59 Å². The van der Waals surface area contributed by atoms with E-state index < -0.39 is 11.1 Å². The number of amides is 2. The molecule has 0 radical (unpaired) electrons. The monoisotopic (exact) mass is 349 g/mol. The van der Waals surface area contributed by atoms with E-state index in [1.807, 2.05) is 18.3 Å². The Morgan fingerprint density at radius 3 is 2.88 bits per heavy atom. The second-order valence-electron chi connectivity index (χ2n) is 7.70. The molecule has 3 saturated carbocycles. The van der Waals surface area contributed by atoms with Crippen LogP contribution in [-0.4, -0.2) is 59.7 Å². The number of ether oxygens (including phenoxy) is 1. The van der Waals surface area contributed by atoms with Crippen molar-refractivity contribution in [3.8, 4) is 0 Å². The lowest BCUT2D eigenvalue weighted by atomic mass is 9.42. The van der Waals surface area contributed by atoms with Crippen LogP contribution in [0.4, 0.5) is 4.39 Å². The average Bonchev–Trinajstić information content (AvgIpc) is 3.07. The fourth-order valence-corrected chi connectivity index (χ4v) is 4.34. The molecule has 2 N–H and O–H groups in total. The number of aryl methyl sites for hydroxylation is 1. The molecule has 2 heterocycles. The Hall–Kier alpha value is -1.89. The lowest BCUT2D eigenvalue weighted by molar-refractivity contribution is -0.225. The van der Waals surface area contributed by atoms with Crippen LogP contribution < -0.4 is 5.32 Å². The van der Waals surface area contributed by atoms with E-state index in [0.717, 1.165) is 5.69 Å². The van der Waals surface area contributed by atoms with Crippen LogP contribution in [0.25, 0.3) is 0 Å². The first-order valence-corrected chi connectivity index (χ1v) is 8.97. The highest BCUT2D eigenvalue weighted by atomic mass is 19.1. The van der Waals surface area contributed by atoms with Gasteiger partial charge in [0, 0.05) is 37.9 Å². The van der Waals surface area contributed by atoms with Crippen molar-refractivity contribution in [2.45, 2.75) is 43.9 Å². The van der Waals surface area contributed by atoms with Crippen molar-refractivity contribution in [1.82, 2.24) is 15.2 Å². The topological polar surface area (TPSA) is 74.4 Å². The highest BCUT2D eigenvalue weighted by Crippen LogP contribution is 2.70. The third kappa shape index (κ3) is 3.17. The Kier molecular flexibility index (Phi) is 4.06. The van der Waals surface area contributed by atoms with Crippen molar-refractivity contribution in [2.75, 3.05) is 26.2 Å². The highest BCUT2D eigenvalue weighted by molar-refractivity contribution is 5.87. The minimum Gasteiger partial charge on any atom is -0.373 e. The number of carbonyl (C=O) groups excluding carboxylic acids is 2. The van der Waals surface area contributed by atoms with Gasteiger partial charge in [-0.15, -0.1) is 0 Å². The largest absolute Gasteiger partial charge is 0.373 e. The predicted molar refractivity (Wildman–Crippen MR) is 88.6 cm³/mol. The second kappa shape index (κ2) is 6.12. The molecule has 6 nitrogen and oxygen atoms in total. The molecule has 1 aromatic heterocycles. The zero-order chi connectivity index (χ0) is 17.5. The molecule has 1 unspecified atom stereocenters. The molecule has 7 heteroatoms. The van der Waals surface area contributed by atoms with Crippen LogP contribution >= 0.6 is 0 Å². The number of halogens is 1. The maximum atomic E-state index is 13.7. The quantitative estimate of drug-likeness (QED) is 0.810. The lowest BCUT2D eigenvalue weighted by Crippen LogP contribution is -2.71. The van der Waals surface area contributed by atoms with E-state index in [1.165, 1.54) is 0 Å². The first-order valence-electron chi connectivity index (χ1n) is 8.97. The van der Waals surface area contributed by atoms with E-state index in [0.29, 0.717) is 58.3 Å². The third-order valence-corrected chi connectivity index (χ3v) is 5.66. The number of alkyl halides is 1. The van der Waals surface area contributed by atoms with Gasteiger partial charge in [0.2, 0.25) is 11.8 Å². The number of carbonyl (C=O) groups is 2. The van der Waals surface area contributed by atoms with Gasteiger partial charge in [-0.1, -0.05) is 0 Å². The van der Waals surface area contributed by atoms with Crippen molar-refractivity contribution in [3.05, 3.63) is 24.0 Å². The van der Waals surface area contributed by atoms with Gasteiger partial charge in [0.25, 0.3) is 0 Å². The van der Waals surface area contributed by atoms with Crippen LogP contribution in [-0.2, 0) is 20.7 Å². The Bertz CT molecular complexity index is 641. The van der Waals surface area contributed by atoms with Crippen molar-refractivity contribution < 1.29 is 18.7 Å². The lowest BCUT2D eigenvalue weighted by Gasteiger charge is -2.65. The summed E-state index contributed by atoms with van der Waals surface area (Å²) in [4.78, 5) is 29.4. The molecular weight excluding hydrogens is 325 g/mol. The number of H-pyrrole nitrogens is 1. The molecule has 1 saturated heterocycles. The summed E-state index contributed by atoms with van der Waals surface area (Å²) in [6, 6.07) is 3.86. The molecular formula is C18H24FN3O3. The van der Waals surface area contributed by atoms with Gasteiger partial charge >= 0.3 is 0 Å². The van der Waals surface area contributed by atoms with Gasteiger partial charge in [-0.05, 0) is 37.8 Å². The maximum Gasteiger partial charge on any atom is 0.229 e. The summed E-state index contributed by atoms with van der Waals surface area (Å²) < 4.78 is 19.3. The number of morpholine rings is 1. The van der Waals surface area contributed by atoms with Crippen molar-refractivity contribution in [3.63, 3.8) is 0 Å². The molecule has 0 aromatic carbocycles. The summed E-state index contributed by atoms with van der Waals surface area (Å²) in [6.07, 6.45) is 3.88. The van der Waals surface area contributed by atoms with E-state index >= 15 is 0 Å². The Morgan fingerprint density at radius 2 is 2.20 bits per heavy atom. The number of hydrogen-bond donors (Lipinski definition) is 2. The van der Waals surface area contributed by atoms with Gasteiger partial charge in [-0.2, -0.15) is 0 Å². The number of nitrogens with one attached hydrogen (secondary N) is 2. The Labute approximate surface area is 146 Å². The molecule has 0 spiro atoms. The number of hydrogen-bond acceptors (Lipinski definition) is 3. The van der Waals surface area contributed by atoms with Crippen molar-refractivity contribution in [2.24, 2.45) is 5.41 Å². The number of nitrogens with zero attached hydrogens (tertiary/aromatic N) is 1. The van der Waals surface area contributed by atoms with Crippen LogP contribution in [0.3, 0.4) is 0 Å². The first kappa shape index (κ1) is 16.6. The van der Waals surface area contributed by atoms with Crippen LogP contribution in [0.15, 0.2) is 18.3 Å². The van der Waals surface area contributed by atoms with E-state index in [4.69, 9.17) is 4.74 Å². The minimum absolute atomic E-state index is 0.0274. The van der Waals surface area contributed by atoms with Crippen LogP contribution in [0.2, 0.25) is 0 Å². The van der Waals surface area contributed by atoms with Crippen molar-refractivity contribution in [1.29, 1.82) is 0 Å². The molecule has 136 valence electrons. The van der Waals surface area contributed by atoms with Gasteiger partial charge in [-0.25, -0.2) is 4.39 Å². The van der Waals surface area contributed by atoms with Gasteiger partial charge in [0.1, 0.15) is 5.67 Å². The number of aromatic amines is 1. The predicted octanol–water partition coefficient (Wildman–Crippen LogP) is 1.18. The summed E-state index contributed by atoms with van der Waals surface area (Å²) in [5, 5.41) is 2.88. The van der Waals surface area contributed by atoms with Crippen LogP contribution in [0.5, 0.6) is 0 Å². The Morgan fingerprint density at radius 1 is 1.40 bits per heavy atom. The standard InChI is InChI=1S/C18H24FN3O3/c19-18-10-17(11-18,12-18)16(24)22-6-7-25-14(9-22)8-21-15(23)4-3-13-2-1-5-20-13/h1-2,5,14,20H,3-4,6-12H2,(H,21,23). The minimum atomic E-state index is -1.06. The summed E-state index contributed by atoms with van der Waals surface area (Å²) in [6.45, 7) is 1.88. The van der Waals surface area contributed by atoms with E-state index in [-0.39, 0.29) is 17.9 Å². The van der Waals surface area contributed by atoms with Gasteiger partial charge in [0.15, 0.2) is 0 Å². The maximum absolute atomic E-state index is 13.7. The molecule has 4 aliphatic rings. The molecule has 5 rings (SSSR count). The highest BCUT2D eigenvalue weighted by Gasteiger charge is 2.73. The van der Waals surface area contributed by atoms with E-state index in [9.17, 15) is 14.0 Å². The number of aromatic nitrogens is 1. The zero-order valence-electron chi connectivity index (χ0n) is 14.2. The molecule has 1 aliphatic heterocycles. The number of rotatable bonds is 6. The van der Waals surface area contributed by atoms with Crippen LogP contribution in [0, 0.1) is 5.41 Å². The van der Waals surface area contributed by atoms with Crippen LogP contribution in [0.1, 0.15) is 31.4 Å². The molecule has 2 bridgehead atoms. The van der Waals surface area contributed by atoms with Gasteiger partial charge < -0.3 is 19.9 Å².